The van der Waals surface area contributed by atoms with Gasteiger partial charge in [0, 0.05) is 24.0 Å². The van der Waals surface area contributed by atoms with Crippen molar-refractivity contribution >= 4 is 39.1 Å². The van der Waals surface area contributed by atoms with Crippen molar-refractivity contribution in [2.45, 2.75) is 64.1 Å². The van der Waals surface area contributed by atoms with E-state index in [1.165, 1.54) is 11.0 Å². The zero-order chi connectivity index (χ0) is 31.0. The molecule has 0 heterocycles. The molecule has 0 bridgehead atoms. The van der Waals surface area contributed by atoms with Gasteiger partial charge in [-0.2, -0.15) is 0 Å². The first kappa shape index (κ1) is 32.4. The van der Waals surface area contributed by atoms with Crippen molar-refractivity contribution in [2.75, 3.05) is 24.2 Å². The molecule has 8 nitrogen and oxygen atoms in total. The van der Waals surface area contributed by atoms with Crippen LogP contribution >= 0.6 is 11.6 Å². The third-order valence-corrected chi connectivity index (χ3v) is 9.38. The Morgan fingerprint density at radius 2 is 1.67 bits per heavy atom. The van der Waals surface area contributed by atoms with Crippen molar-refractivity contribution in [3.05, 3.63) is 94.5 Å². The van der Waals surface area contributed by atoms with Gasteiger partial charge in [-0.15, -0.1) is 0 Å². The Morgan fingerprint density at radius 3 is 2.33 bits per heavy atom. The van der Waals surface area contributed by atoms with Crippen molar-refractivity contribution in [2.24, 2.45) is 0 Å². The molecule has 0 unspecified atom stereocenters. The SMILES string of the molecule is COc1cccc(CN(C(=O)CN(c2ccc(C)c(Cl)c2)S(C)(=O)=O)[C@H](Cc2ccccc2)C(=O)NC2CCCCC2)c1. The zero-order valence-electron chi connectivity index (χ0n) is 25.0. The summed E-state index contributed by atoms with van der Waals surface area (Å²) < 4.78 is 32.4. The molecular weight excluding hydrogens is 586 g/mol. The Balaban J connectivity index is 1.74. The van der Waals surface area contributed by atoms with Crippen molar-refractivity contribution in [3.63, 3.8) is 0 Å². The molecule has 1 N–H and O–H groups in total. The number of sulfonamides is 1. The van der Waals surface area contributed by atoms with Crippen LogP contribution in [0.25, 0.3) is 0 Å². The first-order chi connectivity index (χ1) is 20.5. The van der Waals surface area contributed by atoms with E-state index in [0.717, 1.165) is 59.4 Å². The number of hydrogen-bond donors (Lipinski definition) is 1. The van der Waals surface area contributed by atoms with Crippen LogP contribution in [0.2, 0.25) is 5.02 Å². The summed E-state index contributed by atoms with van der Waals surface area (Å²) in [6.07, 6.45) is 6.34. The number of benzene rings is 3. The number of nitrogens with one attached hydrogen (secondary N) is 1. The lowest BCUT2D eigenvalue weighted by atomic mass is 9.94. The molecule has 3 aromatic rings. The lowest BCUT2D eigenvalue weighted by Gasteiger charge is -2.35. The second-order valence-electron chi connectivity index (χ2n) is 11.1. The van der Waals surface area contributed by atoms with Gasteiger partial charge in [0.2, 0.25) is 21.8 Å². The molecular formula is C33H40ClN3O5S. The maximum Gasteiger partial charge on any atom is 0.244 e. The van der Waals surface area contributed by atoms with Gasteiger partial charge < -0.3 is 15.0 Å². The Hall–Kier alpha value is -3.56. The standard InChI is InChI=1S/C33H40ClN3O5S/c1-24-17-18-28(21-30(24)34)37(43(3,40)41)23-32(38)36(22-26-13-10-16-29(19-26)42-2)31(20-25-11-6-4-7-12-25)33(39)35-27-14-8-5-9-15-27/h4,6-7,10-13,16-19,21,27,31H,5,8-9,14-15,20,22-23H2,1-3H3,(H,35,39)/t31-/m1/s1. The molecule has 0 radical (unpaired) electrons. The van der Waals surface area contributed by atoms with Crippen LogP contribution in [-0.2, 0) is 32.6 Å². The van der Waals surface area contributed by atoms with Gasteiger partial charge >= 0.3 is 0 Å². The number of carbonyl (C=O) groups is 2. The number of ether oxygens (including phenoxy) is 1. The van der Waals surface area contributed by atoms with Crippen molar-refractivity contribution < 1.29 is 22.7 Å². The average molecular weight is 626 g/mol. The molecule has 1 fully saturated rings. The number of carbonyl (C=O) groups excluding carboxylic acids is 2. The first-order valence-corrected chi connectivity index (χ1v) is 16.8. The van der Waals surface area contributed by atoms with Crippen LogP contribution in [0.1, 0.15) is 48.8 Å². The molecule has 0 aliphatic heterocycles. The summed E-state index contributed by atoms with van der Waals surface area (Å²) in [4.78, 5) is 29.8. The number of methoxy groups -OCH3 is 1. The Kier molecular flexibility index (Phi) is 11.1. The van der Waals surface area contributed by atoms with E-state index in [1.807, 2.05) is 55.5 Å². The second kappa shape index (κ2) is 14.8. The van der Waals surface area contributed by atoms with E-state index >= 15 is 0 Å². The Labute approximate surface area is 260 Å². The Morgan fingerprint density at radius 1 is 0.977 bits per heavy atom. The lowest BCUT2D eigenvalue weighted by Crippen LogP contribution is -2.55. The van der Waals surface area contributed by atoms with Crippen LogP contribution in [0, 0.1) is 6.92 Å². The fraction of sp³-hybridized carbons (Fsp3) is 0.394. The van der Waals surface area contributed by atoms with E-state index < -0.39 is 28.5 Å². The molecule has 0 aromatic heterocycles. The molecule has 0 saturated heterocycles. The minimum Gasteiger partial charge on any atom is -0.497 e. The summed E-state index contributed by atoms with van der Waals surface area (Å²) in [6, 6.07) is 20.9. The molecule has 10 heteroatoms. The number of rotatable bonds is 12. The molecule has 0 spiro atoms. The van der Waals surface area contributed by atoms with Gasteiger partial charge in [0.1, 0.15) is 18.3 Å². The Bertz CT molecular complexity index is 1510. The van der Waals surface area contributed by atoms with Crippen LogP contribution in [0.4, 0.5) is 5.69 Å². The number of nitrogens with zero attached hydrogens (tertiary/aromatic N) is 2. The van der Waals surface area contributed by atoms with Crippen molar-refractivity contribution in [1.82, 2.24) is 10.2 Å². The highest BCUT2D eigenvalue weighted by atomic mass is 35.5. The van der Waals surface area contributed by atoms with E-state index in [-0.39, 0.29) is 30.6 Å². The average Bonchev–Trinajstić information content (AvgIpc) is 2.99. The summed E-state index contributed by atoms with van der Waals surface area (Å²) in [5, 5.41) is 3.59. The van der Waals surface area contributed by atoms with Gasteiger partial charge in [0.15, 0.2) is 0 Å². The van der Waals surface area contributed by atoms with Gasteiger partial charge in [-0.3, -0.25) is 13.9 Å². The highest BCUT2D eigenvalue weighted by molar-refractivity contribution is 7.92. The van der Waals surface area contributed by atoms with Crippen LogP contribution in [0.15, 0.2) is 72.8 Å². The molecule has 1 aliphatic carbocycles. The fourth-order valence-corrected chi connectivity index (χ4v) is 6.43. The van der Waals surface area contributed by atoms with Crippen molar-refractivity contribution in [3.8, 4) is 5.75 Å². The van der Waals surface area contributed by atoms with Gasteiger partial charge in [-0.25, -0.2) is 8.42 Å². The predicted octanol–water partition coefficient (Wildman–Crippen LogP) is 5.51. The van der Waals surface area contributed by atoms with Crippen LogP contribution in [0.3, 0.4) is 0 Å². The summed E-state index contributed by atoms with van der Waals surface area (Å²) in [7, 11) is -2.32. The topological polar surface area (TPSA) is 96.0 Å². The van der Waals surface area contributed by atoms with E-state index in [9.17, 15) is 18.0 Å². The van der Waals surface area contributed by atoms with E-state index in [1.54, 1.807) is 25.3 Å². The van der Waals surface area contributed by atoms with Gasteiger partial charge in [0.05, 0.1) is 19.1 Å². The summed E-state index contributed by atoms with van der Waals surface area (Å²) in [5.74, 6) is -0.149. The smallest absolute Gasteiger partial charge is 0.244 e. The molecule has 2 amide bonds. The minimum absolute atomic E-state index is 0.0375. The van der Waals surface area contributed by atoms with Gasteiger partial charge in [0.25, 0.3) is 0 Å². The molecule has 230 valence electrons. The number of hydrogen-bond acceptors (Lipinski definition) is 5. The van der Waals surface area contributed by atoms with Crippen LogP contribution < -0.4 is 14.4 Å². The first-order valence-electron chi connectivity index (χ1n) is 14.6. The van der Waals surface area contributed by atoms with E-state index in [0.29, 0.717) is 10.8 Å². The number of anilines is 1. The number of amides is 2. The van der Waals surface area contributed by atoms with Crippen LogP contribution in [-0.4, -0.2) is 57.1 Å². The van der Waals surface area contributed by atoms with Gasteiger partial charge in [-0.1, -0.05) is 79.4 Å². The molecule has 1 saturated carbocycles. The third-order valence-electron chi connectivity index (χ3n) is 7.83. The highest BCUT2D eigenvalue weighted by Gasteiger charge is 2.34. The van der Waals surface area contributed by atoms with E-state index in [4.69, 9.17) is 16.3 Å². The molecule has 3 aromatic carbocycles. The maximum atomic E-state index is 14.3. The molecule has 1 aliphatic rings. The predicted molar refractivity (Wildman–Crippen MR) is 171 cm³/mol. The molecule has 43 heavy (non-hydrogen) atoms. The van der Waals surface area contributed by atoms with E-state index in [2.05, 4.69) is 5.32 Å². The largest absolute Gasteiger partial charge is 0.497 e. The van der Waals surface area contributed by atoms with Crippen molar-refractivity contribution in [1.29, 1.82) is 0 Å². The van der Waals surface area contributed by atoms with Gasteiger partial charge in [-0.05, 0) is 60.7 Å². The zero-order valence-corrected chi connectivity index (χ0v) is 26.5. The highest BCUT2D eigenvalue weighted by Crippen LogP contribution is 2.26. The maximum absolute atomic E-state index is 14.3. The molecule has 4 rings (SSSR count). The third kappa shape index (κ3) is 8.97. The second-order valence-corrected chi connectivity index (χ2v) is 13.4. The monoisotopic (exact) mass is 625 g/mol. The summed E-state index contributed by atoms with van der Waals surface area (Å²) >= 11 is 6.34. The fourth-order valence-electron chi connectivity index (χ4n) is 5.42. The number of halogens is 1. The molecule has 1 atom stereocenters. The summed E-state index contributed by atoms with van der Waals surface area (Å²) in [5.41, 5.74) is 2.70. The number of aryl methyl sites for hydroxylation is 1. The lowest BCUT2D eigenvalue weighted by molar-refractivity contribution is -0.140. The quantitative estimate of drug-likeness (QED) is 0.286. The summed E-state index contributed by atoms with van der Waals surface area (Å²) in [6.45, 7) is 1.40. The normalized spacial score (nSPS) is 14.5. The minimum atomic E-state index is -3.88. The van der Waals surface area contributed by atoms with Crippen LogP contribution in [0.5, 0.6) is 5.75 Å².